The Kier molecular flexibility index (Phi) is 5.05. The summed E-state index contributed by atoms with van der Waals surface area (Å²) in [4.78, 5) is 14.6. The first-order valence-corrected chi connectivity index (χ1v) is 10.3. The number of hydrogen-bond acceptors (Lipinski definition) is 3. The molecule has 1 saturated heterocycles. The standard InChI is InChI=1S/C20H24N2O3S/c1-15-8-10-17(11-9-15)16(2)21(3)20(23)18-6-4-7-19(14-18)22-12-5-13-26(22,24)25/h4,6-11,14,16H,5,12-13H2,1-3H3. The smallest absolute Gasteiger partial charge is 0.254 e. The average molecular weight is 372 g/mol. The third kappa shape index (κ3) is 3.60. The quantitative estimate of drug-likeness (QED) is 0.827. The molecule has 0 spiro atoms. The van der Waals surface area contributed by atoms with Crippen LogP contribution in [0.3, 0.4) is 0 Å². The molecule has 0 aromatic heterocycles. The number of sulfonamides is 1. The maximum atomic E-state index is 12.9. The molecule has 5 nitrogen and oxygen atoms in total. The van der Waals surface area contributed by atoms with E-state index >= 15 is 0 Å². The predicted octanol–water partition coefficient (Wildman–Crippen LogP) is 3.37. The van der Waals surface area contributed by atoms with Gasteiger partial charge in [0.05, 0.1) is 17.5 Å². The molecule has 0 N–H and O–H groups in total. The molecule has 1 heterocycles. The summed E-state index contributed by atoms with van der Waals surface area (Å²) in [6, 6.07) is 14.9. The molecule has 26 heavy (non-hydrogen) atoms. The van der Waals surface area contributed by atoms with Crippen molar-refractivity contribution in [2.45, 2.75) is 26.3 Å². The van der Waals surface area contributed by atoms with Crippen molar-refractivity contribution in [1.82, 2.24) is 4.90 Å². The number of rotatable bonds is 4. The molecule has 0 saturated carbocycles. The minimum Gasteiger partial charge on any atom is -0.335 e. The Bertz CT molecular complexity index is 907. The van der Waals surface area contributed by atoms with Gasteiger partial charge in [-0.3, -0.25) is 9.10 Å². The van der Waals surface area contributed by atoms with Crippen LogP contribution in [0.15, 0.2) is 48.5 Å². The number of amides is 1. The van der Waals surface area contributed by atoms with E-state index in [1.54, 1.807) is 36.2 Å². The monoisotopic (exact) mass is 372 g/mol. The first kappa shape index (κ1) is 18.5. The van der Waals surface area contributed by atoms with Crippen molar-refractivity contribution in [2.24, 2.45) is 0 Å². The number of hydrogen-bond donors (Lipinski definition) is 0. The highest BCUT2D eigenvalue weighted by Crippen LogP contribution is 2.26. The van der Waals surface area contributed by atoms with Crippen molar-refractivity contribution < 1.29 is 13.2 Å². The summed E-state index contributed by atoms with van der Waals surface area (Å²) in [5, 5.41) is 0. The summed E-state index contributed by atoms with van der Waals surface area (Å²) in [7, 11) is -1.49. The second-order valence-corrected chi connectivity index (χ2v) is 8.81. The van der Waals surface area contributed by atoms with Crippen molar-refractivity contribution in [3.8, 4) is 0 Å². The van der Waals surface area contributed by atoms with Gasteiger partial charge in [0.25, 0.3) is 5.91 Å². The SMILES string of the molecule is Cc1ccc(C(C)N(C)C(=O)c2cccc(N3CCCS3(=O)=O)c2)cc1. The zero-order chi connectivity index (χ0) is 18.9. The summed E-state index contributed by atoms with van der Waals surface area (Å²) in [6.07, 6.45) is 0.616. The minimum absolute atomic E-state index is 0.0812. The molecular weight excluding hydrogens is 348 g/mol. The highest BCUT2D eigenvalue weighted by Gasteiger charge is 2.29. The molecule has 1 aliphatic rings. The fraction of sp³-hybridized carbons (Fsp3) is 0.350. The highest BCUT2D eigenvalue weighted by atomic mass is 32.2. The van der Waals surface area contributed by atoms with Crippen LogP contribution in [-0.4, -0.2) is 38.6 Å². The molecule has 6 heteroatoms. The van der Waals surface area contributed by atoms with Gasteiger partial charge < -0.3 is 4.90 Å². The van der Waals surface area contributed by atoms with Gasteiger partial charge in [0, 0.05) is 19.2 Å². The number of aryl methyl sites for hydroxylation is 1. The number of anilines is 1. The van der Waals surface area contributed by atoms with Crippen LogP contribution in [-0.2, 0) is 10.0 Å². The van der Waals surface area contributed by atoms with E-state index in [9.17, 15) is 13.2 Å². The van der Waals surface area contributed by atoms with Gasteiger partial charge in [0.2, 0.25) is 10.0 Å². The number of carbonyl (C=O) groups is 1. The zero-order valence-corrected chi connectivity index (χ0v) is 16.2. The van der Waals surface area contributed by atoms with E-state index in [-0.39, 0.29) is 17.7 Å². The molecular formula is C20H24N2O3S. The average Bonchev–Trinajstić information content (AvgIpc) is 2.99. The van der Waals surface area contributed by atoms with Gasteiger partial charge in [-0.1, -0.05) is 35.9 Å². The van der Waals surface area contributed by atoms with Crippen LogP contribution in [0.2, 0.25) is 0 Å². The maximum Gasteiger partial charge on any atom is 0.254 e. The molecule has 1 fully saturated rings. The second kappa shape index (κ2) is 7.11. The van der Waals surface area contributed by atoms with Gasteiger partial charge in [-0.15, -0.1) is 0 Å². The van der Waals surface area contributed by atoms with Crippen molar-refractivity contribution >= 4 is 21.6 Å². The Labute approximate surface area is 155 Å². The van der Waals surface area contributed by atoms with Gasteiger partial charge in [-0.05, 0) is 44.0 Å². The number of nitrogens with zero attached hydrogens (tertiary/aromatic N) is 2. The Balaban J connectivity index is 1.83. The molecule has 0 radical (unpaired) electrons. The Morgan fingerprint density at radius 2 is 1.85 bits per heavy atom. The van der Waals surface area contributed by atoms with Crippen LogP contribution in [0, 0.1) is 6.92 Å². The maximum absolute atomic E-state index is 12.9. The summed E-state index contributed by atoms with van der Waals surface area (Å²) < 4.78 is 25.7. The Morgan fingerprint density at radius 3 is 2.46 bits per heavy atom. The Hall–Kier alpha value is -2.34. The van der Waals surface area contributed by atoms with E-state index in [0.717, 1.165) is 5.56 Å². The van der Waals surface area contributed by atoms with Crippen molar-refractivity contribution in [3.63, 3.8) is 0 Å². The third-order valence-corrected chi connectivity index (χ3v) is 6.81. The second-order valence-electron chi connectivity index (χ2n) is 6.79. The molecule has 138 valence electrons. The van der Waals surface area contributed by atoms with Gasteiger partial charge in [0.15, 0.2) is 0 Å². The molecule has 2 aromatic carbocycles. The van der Waals surface area contributed by atoms with Gasteiger partial charge in [-0.2, -0.15) is 0 Å². The van der Waals surface area contributed by atoms with Gasteiger partial charge in [0.1, 0.15) is 0 Å². The lowest BCUT2D eigenvalue weighted by molar-refractivity contribution is 0.0742. The van der Waals surface area contributed by atoms with E-state index in [2.05, 4.69) is 0 Å². The molecule has 0 aliphatic carbocycles. The number of benzene rings is 2. The molecule has 1 atom stereocenters. The summed E-state index contributed by atoms with van der Waals surface area (Å²) in [6.45, 7) is 4.48. The fourth-order valence-electron chi connectivity index (χ4n) is 3.17. The highest BCUT2D eigenvalue weighted by molar-refractivity contribution is 7.93. The molecule has 3 rings (SSSR count). The van der Waals surface area contributed by atoms with E-state index in [1.165, 1.54) is 9.87 Å². The summed E-state index contributed by atoms with van der Waals surface area (Å²) in [5.74, 6) is 0.0340. The molecule has 1 amide bonds. The van der Waals surface area contributed by atoms with Crippen LogP contribution in [0.4, 0.5) is 5.69 Å². The first-order valence-electron chi connectivity index (χ1n) is 8.74. The lowest BCUT2D eigenvalue weighted by Crippen LogP contribution is -2.30. The Morgan fingerprint density at radius 1 is 1.15 bits per heavy atom. The van der Waals surface area contributed by atoms with Crippen molar-refractivity contribution in [3.05, 3.63) is 65.2 Å². The van der Waals surface area contributed by atoms with Gasteiger partial charge >= 0.3 is 0 Å². The summed E-state index contributed by atoms with van der Waals surface area (Å²) >= 11 is 0. The van der Waals surface area contributed by atoms with Crippen LogP contribution in [0.5, 0.6) is 0 Å². The fourth-order valence-corrected chi connectivity index (χ4v) is 4.73. The first-order chi connectivity index (χ1) is 12.3. The number of carbonyl (C=O) groups excluding carboxylic acids is 1. The van der Waals surface area contributed by atoms with Crippen LogP contribution in [0.1, 0.15) is 40.9 Å². The zero-order valence-electron chi connectivity index (χ0n) is 15.3. The largest absolute Gasteiger partial charge is 0.335 e. The van der Waals surface area contributed by atoms with E-state index in [4.69, 9.17) is 0 Å². The van der Waals surface area contributed by atoms with E-state index < -0.39 is 10.0 Å². The summed E-state index contributed by atoms with van der Waals surface area (Å²) in [5.41, 5.74) is 3.29. The third-order valence-electron chi connectivity index (χ3n) is 4.94. The van der Waals surface area contributed by atoms with E-state index in [1.807, 2.05) is 38.1 Å². The molecule has 1 unspecified atom stereocenters. The predicted molar refractivity (Wildman–Crippen MR) is 104 cm³/mol. The molecule has 0 bridgehead atoms. The van der Waals surface area contributed by atoms with Crippen molar-refractivity contribution in [2.75, 3.05) is 23.7 Å². The van der Waals surface area contributed by atoms with Gasteiger partial charge in [-0.25, -0.2) is 8.42 Å². The molecule has 2 aromatic rings. The lowest BCUT2D eigenvalue weighted by Gasteiger charge is -2.26. The van der Waals surface area contributed by atoms with E-state index in [0.29, 0.717) is 24.2 Å². The van der Waals surface area contributed by atoms with Crippen molar-refractivity contribution in [1.29, 1.82) is 0 Å². The van der Waals surface area contributed by atoms with Crippen LogP contribution < -0.4 is 4.31 Å². The lowest BCUT2D eigenvalue weighted by atomic mass is 10.0. The molecule has 1 aliphatic heterocycles. The van der Waals surface area contributed by atoms with Crippen LogP contribution in [0.25, 0.3) is 0 Å². The van der Waals surface area contributed by atoms with Crippen LogP contribution >= 0.6 is 0 Å². The minimum atomic E-state index is -3.26. The topological polar surface area (TPSA) is 57.7 Å². The normalized spacial score (nSPS) is 17.1.